The van der Waals surface area contributed by atoms with Crippen molar-refractivity contribution in [3.63, 3.8) is 0 Å². The van der Waals surface area contributed by atoms with Crippen LogP contribution in [0.3, 0.4) is 0 Å². The zero-order valence-electron chi connectivity index (χ0n) is 16.0. The summed E-state index contributed by atoms with van der Waals surface area (Å²) in [6, 6.07) is 0. The first-order valence-electron chi connectivity index (χ1n) is 5.35. The third kappa shape index (κ3) is 44.4. The molecule has 0 rings (SSSR count). The SMILES string of the molecule is C=C(C)C(=O)[O-].C=C(C)C(=O)[O-].C=C(C=CC(=O)[O-])C(=O)[O-].[Na+].[Na+].[Na+].[Na+]. The van der Waals surface area contributed by atoms with Crippen LogP contribution in [0.1, 0.15) is 13.8 Å². The van der Waals surface area contributed by atoms with Crippen molar-refractivity contribution in [2.75, 3.05) is 0 Å². The molecule has 0 saturated carbocycles. The number of carbonyl (C=O) groups is 4. The Morgan fingerprint density at radius 2 is 0.846 bits per heavy atom. The largest absolute Gasteiger partial charge is 1.00 e. The van der Waals surface area contributed by atoms with Crippen LogP contribution in [0.25, 0.3) is 0 Å². The maximum absolute atomic E-state index is 9.84. The average molecular weight is 402 g/mol. The van der Waals surface area contributed by atoms with Gasteiger partial charge in [0.2, 0.25) is 0 Å². The predicted molar refractivity (Wildman–Crippen MR) is 67.9 cm³/mol. The fourth-order valence-electron chi connectivity index (χ4n) is 0.237. The second-order valence-corrected chi connectivity index (χ2v) is 3.60. The van der Waals surface area contributed by atoms with Gasteiger partial charge in [0.1, 0.15) is 0 Å². The van der Waals surface area contributed by atoms with Gasteiger partial charge in [-0.1, -0.05) is 25.8 Å². The molecule has 0 aromatic carbocycles. The Bertz CT molecular complexity index is 479. The standard InChI is InChI=1S/C6H6O4.2C4H6O2.4Na/c1-4(6(9)10)2-3-5(7)8;2*1-3(2)4(5)6;;;;/h2-3H,1H2,(H,7,8)(H,9,10);2*1H2,2H3,(H,5,6);;;;/q;;;4*+1/p-4. The molecule has 0 aliphatic carbocycles. The van der Waals surface area contributed by atoms with E-state index < -0.39 is 29.5 Å². The number of carboxylic acid groups (broad SMARTS) is 4. The topological polar surface area (TPSA) is 161 Å². The van der Waals surface area contributed by atoms with E-state index in [1.165, 1.54) is 13.8 Å². The van der Waals surface area contributed by atoms with Crippen LogP contribution >= 0.6 is 0 Å². The zero-order chi connectivity index (χ0) is 18.5. The third-order valence-corrected chi connectivity index (χ3v) is 1.38. The molecule has 0 bridgehead atoms. The maximum Gasteiger partial charge on any atom is 1.00 e. The first-order chi connectivity index (χ1) is 9.82. The monoisotopic (exact) mass is 402 g/mol. The van der Waals surface area contributed by atoms with Gasteiger partial charge in [-0.05, 0) is 36.6 Å². The molecule has 0 aliphatic heterocycles. The van der Waals surface area contributed by atoms with Crippen molar-refractivity contribution in [2.45, 2.75) is 13.8 Å². The van der Waals surface area contributed by atoms with Gasteiger partial charge in [-0.3, -0.25) is 0 Å². The van der Waals surface area contributed by atoms with E-state index in [9.17, 15) is 39.6 Å². The molecule has 0 aliphatic rings. The quantitative estimate of drug-likeness (QED) is 0.249. The van der Waals surface area contributed by atoms with Gasteiger partial charge in [0.05, 0.1) is 23.9 Å². The molecule has 12 heteroatoms. The summed E-state index contributed by atoms with van der Waals surface area (Å²) in [4.78, 5) is 38.5. The average Bonchev–Trinajstić information content (AvgIpc) is 2.36. The smallest absolute Gasteiger partial charge is 0.545 e. The fourth-order valence-corrected chi connectivity index (χ4v) is 0.237. The molecule has 0 unspecified atom stereocenters. The Labute approximate surface area is 240 Å². The molecule has 0 spiro atoms. The van der Waals surface area contributed by atoms with Crippen molar-refractivity contribution in [1.82, 2.24) is 0 Å². The minimum absolute atomic E-state index is 0. The minimum Gasteiger partial charge on any atom is -0.545 e. The summed E-state index contributed by atoms with van der Waals surface area (Å²) < 4.78 is 0. The number of hydrogen-bond donors (Lipinski definition) is 0. The summed E-state index contributed by atoms with van der Waals surface area (Å²) in [5.74, 6) is -5.34. The number of rotatable bonds is 5. The summed E-state index contributed by atoms with van der Waals surface area (Å²) in [6.45, 7) is 11.9. The molecule has 8 nitrogen and oxygen atoms in total. The van der Waals surface area contributed by atoms with Gasteiger partial charge in [-0.15, -0.1) is 0 Å². The molecular formula is C14H14Na4O8. The number of carbonyl (C=O) groups excluding carboxylic acids is 4. The van der Waals surface area contributed by atoms with Crippen LogP contribution in [0.4, 0.5) is 0 Å². The van der Waals surface area contributed by atoms with Gasteiger partial charge in [0.15, 0.2) is 0 Å². The van der Waals surface area contributed by atoms with Gasteiger partial charge < -0.3 is 39.6 Å². The molecule has 0 saturated heterocycles. The Balaban J connectivity index is -0.0000000404. The van der Waals surface area contributed by atoms with Crippen molar-refractivity contribution >= 4 is 23.9 Å². The molecule has 0 N–H and O–H groups in total. The molecule has 0 amide bonds. The van der Waals surface area contributed by atoms with Crippen LogP contribution in [-0.4, -0.2) is 23.9 Å². The molecule has 26 heavy (non-hydrogen) atoms. The summed E-state index contributed by atoms with van der Waals surface area (Å²) in [5.41, 5.74) is -0.269. The Hall–Kier alpha value is 0.840. The number of carboxylic acids is 4. The Kier molecular flexibility index (Phi) is 49.1. The van der Waals surface area contributed by atoms with E-state index in [2.05, 4.69) is 19.7 Å². The zero-order valence-corrected chi connectivity index (χ0v) is 24.0. The third-order valence-electron chi connectivity index (χ3n) is 1.38. The number of hydrogen-bond acceptors (Lipinski definition) is 8. The summed E-state index contributed by atoms with van der Waals surface area (Å²) in [5, 5.41) is 38.5. The molecule has 122 valence electrons. The first kappa shape index (κ1) is 45.5. The molecule has 0 radical (unpaired) electrons. The van der Waals surface area contributed by atoms with Crippen molar-refractivity contribution in [2.24, 2.45) is 0 Å². The molecule has 0 aromatic heterocycles. The summed E-state index contributed by atoms with van der Waals surface area (Å²) in [6.07, 6.45) is 1.36. The molecule has 0 heterocycles. The summed E-state index contributed by atoms with van der Waals surface area (Å²) in [7, 11) is 0. The predicted octanol–water partition coefficient (Wildman–Crippen LogP) is -15.8. The van der Waals surface area contributed by atoms with E-state index in [-0.39, 0.29) is 129 Å². The first-order valence-corrected chi connectivity index (χ1v) is 5.35. The molecule has 0 aromatic rings. The normalized spacial score (nSPS) is 7.15. The van der Waals surface area contributed by atoms with Crippen molar-refractivity contribution in [3.05, 3.63) is 48.6 Å². The van der Waals surface area contributed by atoms with E-state index in [0.717, 1.165) is 6.08 Å². The van der Waals surface area contributed by atoms with Crippen LogP contribution < -0.4 is 139 Å². The van der Waals surface area contributed by atoms with Crippen molar-refractivity contribution in [1.29, 1.82) is 0 Å². The van der Waals surface area contributed by atoms with Crippen LogP contribution in [0.5, 0.6) is 0 Å². The van der Waals surface area contributed by atoms with Crippen LogP contribution in [-0.2, 0) is 19.2 Å². The Morgan fingerprint density at radius 1 is 0.615 bits per heavy atom. The molecule has 0 atom stereocenters. The Morgan fingerprint density at radius 3 is 0.962 bits per heavy atom. The van der Waals surface area contributed by atoms with Gasteiger partial charge in [0.25, 0.3) is 0 Å². The van der Waals surface area contributed by atoms with Crippen molar-refractivity contribution in [3.8, 4) is 0 Å². The fraction of sp³-hybridized carbons (Fsp3) is 0.143. The molecular weight excluding hydrogens is 388 g/mol. The maximum atomic E-state index is 9.84. The van der Waals surface area contributed by atoms with Gasteiger partial charge in [-0.2, -0.15) is 0 Å². The van der Waals surface area contributed by atoms with E-state index >= 15 is 0 Å². The molecule has 0 fully saturated rings. The summed E-state index contributed by atoms with van der Waals surface area (Å²) >= 11 is 0. The van der Waals surface area contributed by atoms with Crippen LogP contribution in [0, 0.1) is 0 Å². The van der Waals surface area contributed by atoms with Crippen LogP contribution in [0.15, 0.2) is 48.6 Å². The minimum atomic E-state index is -1.50. The van der Waals surface area contributed by atoms with Gasteiger partial charge in [-0.25, -0.2) is 0 Å². The van der Waals surface area contributed by atoms with E-state index in [1.807, 2.05) is 0 Å². The van der Waals surface area contributed by atoms with E-state index in [1.54, 1.807) is 0 Å². The van der Waals surface area contributed by atoms with E-state index in [4.69, 9.17) is 0 Å². The number of aliphatic carboxylic acids is 4. The van der Waals surface area contributed by atoms with Gasteiger partial charge >= 0.3 is 118 Å². The second-order valence-electron chi connectivity index (χ2n) is 3.60. The van der Waals surface area contributed by atoms with Crippen molar-refractivity contribution < 1.29 is 158 Å². The second kappa shape index (κ2) is 28.1. The van der Waals surface area contributed by atoms with E-state index in [0.29, 0.717) is 6.08 Å². The van der Waals surface area contributed by atoms with Gasteiger partial charge in [0, 0.05) is 0 Å². The van der Waals surface area contributed by atoms with Crippen LogP contribution in [0.2, 0.25) is 0 Å².